The van der Waals surface area contributed by atoms with Gasteiger partial charge in [-0.25, -0.2) is 0 Å². The molecule has 0 aliphatic heterocycles. The molecule has 0 saturated heterocycles. The summed E-state index contributed by atoms with van der Waals surface area (Å²) < 4.78 is 13.0. The van der Waals surface area contributed by atoms with Gasteiger partial charge in [0.2, 0.25) is 10.8 Å². The first-order chi connectivity index (χ1) is 12.7. The molecule has 26 heavy (non-hydrogen) atoms. The fraction of sp³-hybridized carbons (Fsp3) is 0.0556. The van der Waals surface area contributed by atoms with Crippen LogP contribution in [0.2, 0.25) is 5.02 Å². The van der Waals surface area contributed by atoms with Crippen molar-refractivity contribution in [3.8, 4) is 33.5 Å². The van der Waals surface area contributed by atoms with Crippen LogP contribution in [-0.2, 0) is 0 Å². The highest BCUT2D eigenvalue weighted by atomic mass is 35.5. The molecule has 0 N–H and O–H groups in total. The summed E-state index contributed by atoms with van der Waals surface area (Å²) in [6, 6.07) is 13.2. The lowest BCUT2D eigenvalue weighted by Crippen LogP contribution is -1.89. The van der Waals surface area contributed by atoms with E-state index in [9.17, 15) is 0 Å². The summed E-state index contributed by atoms with van der Waals surface area (Å²) in [5.41, 5.74) is 1.75. The molecule has 0 aliphatic rings. The normalized spacial score (nSPS) is 11.5. The molecular weight excluding hydrogens is 372 g/mol. The molecule has 8 heteroatoms. The van der Waals surface area contributed by atoms with Crippen LogP contribution in [-0.4, -0.2) is 19.8 Å². The summed E-state index contributed by atoms with van der Waals surface area (Å²) in [4.78, 5) is 0.686. The zero-order valence-corrected chi connectivity index (χ0v) is 15.1. The van der Waals surface area contributed by atoms with Gasteiger partial charge in [0, 0.05) is 5.56 Å². The summed E-state index contributed by atoms with van der Waals surface area (Å²) in [7, 11) is 0. The van der Waals surface area contributed by atoms with Crippen molar-refractivity contribution >= 4 is 27.9 Å². The van der Waals surface area contributed by atoms with Gasteiger partial charge in [-0.1, -0.05) is 35.1 Å². The number of rotatable bonds is 3. The van der Waals surface area contributed by atoms with Gasteiger partial charge < -0.3 is 8.83 Å². The van der Waals surface area contributed by atoms with Crippen LogP contribution in [0, 0.1) is 6.92 Å². The Morgan fingerprint density at radius 1 is 1.04 bits per heavy atom. The van der Waals surface area contributed by atoms with E-state index in [1.807, 2.05) is 43.3 Å². The summed E-state index contributed by atoms with van der Waals surface area (Å²) in [5, 5.41) is 14.4. The maximum atomic E-state index is 6.29. The van der Waals surface area contributed by atoms with Crippen molar-refractivity contribution in [2.45, 2.75) is 6.92 Å². The van der Waals surface area contributed by atoms with Crippen LogP contribution in [0.4, 0.5) is 0 Å². The number of aromatic nitrogens is 4. The smallest absolute Gasteiger partial charge is 0.235 e. The van der Waals surface area contributed by atoms with Crippen LogP contribution in [0.3, 0.4) is 0 Å². The SMILES string of the molecule is Cc1oc(-c2ccccc2Cl)cc1-c1nn2c(-c3ccco3)nnc2s1. The fourth-order valence-corrected chi connectivity index (χ4v) is 3.91. The number of benzene rings is 1. The Bertz CT molecular complexity index is 1220. The lowest BCUT2D eigenvalue weighted by atomic mass is 10.1. The predicted molar refractivity (Wildman–Crippen MR) is 99.2 cm³/mol. The zero-order valence-electron chi connectivity index (χ0n) is 13.5. The Kier molecular flexibility index (Phi) is 3.44. The first-order valence-electron chi connectivity index (χ1n) is 7.82. The van der Waals surface area contributed by atoms with Crippen molar-refractivity contribution in [3.63, 3.8) is 0 Å². The van der Waals surface area contributed by atoms with E-state index in [4.69, 9.17) is 20.4 Å². The van der Waals surface area contributed by atoms with E-state index < -0.39 is 0 Å². The zero-order chi connectivity index (χ0) is 17.7. The van der Waals surface area contributed by atoms with Crippen LogP contribution in [0.15, 0.2) is 57.6 Å². The van der Waals surface area contributed by atoms with E-state index >= 15 is 0 Å². The van der Waals surface area contributed by atoms with Crippen LogP contribution in [0.5, 0.6) is 0 Å². The van der Waals surface area contributed by atoms with Crippen LogP contribution in [0.25, 0.3) is 38.4 Å². The second kappa shape index (κ2) is 5.82. The van der Waals surface area contributed by atoms with Crippen LogP contribution in [0.1, 0.15) is 5.76 Å². The number of aryl methyl sites for hydroxylation is 1. The summed E-state index contributed by atoms with van der Waals surface area (Å²) in [5.74, 6) is 2.67. The molecule has 128 valence electrons. The monoisotopic (exact) mass is 382 g/mol. The van der Waals surface area contributed by atoms with Gasteiger partial charge in [0.25, 0.3) is 0 Å². The third-order valence-corrected chi connectivity index (χ3v) is 5.28. The molecule has 0 amide bonds. The highest BCUT2D eigenvalue weighted by molar-refractivity contribution is 7.19. The van der Waals surface area contributed by atoms with Crippen LogP contribution < -0.4 is 0 Å². The van der Waals surface area contributed by atoms with E-state index in [-0.39, 0.29) is 0 Å². The molecule has 4 heterocycles. The molecule has 1 aromatic carbocycles. The van der Waals surface area contributed by atoms with Crippen LogP contribution >= 0.6 is 22.9 Å². The average molecular weight is 383 g/mol. The molecule has 4 aromatic heterocycles. The molecule has 0 radical (unpaired) electrons. The maximum Gasteiger partial charge on any atom is 0.235 e. The molecule has 6 nitrogen and oxygen atoms in total. The van der Waals surface area contributed by atoms with Crippen molar-refractivity contribution in [2.24, 2.45) is 0 Å². The minimum atomic E-state index is 0.569. The number of nitrogens with zero attached hydrogens (tertiary/aromatic N) is 4. The van der Waals surface area contributed by atoms with Gasteiger partial charge in [-0.3, -0.25) is 0 Å². The molecule has 0 unspecified atom stereocenters. The van der Waals surface area contributed by atoms with E-state index in [1.54, 1.807) is 16.8 Å². The Morgan fingerprint density at radius 2 is 1.92 bits per heavy atom. The number of fused-ring (bicyclic) bond motifs is 1. The average Bonchev–Trinajstić information content (AvgIpc) is 3.38. The Balaban J connectivity index is 1.62. The molecule has 0 bridgehead atoms. The third-order valence-electron chi connectivity index (χ3n) is 4.02. The van der Waals surface area contributed by atoms with Gasteiger partial charge in [-0.2, -0.15) is 9.61 Å². The molecule has 5 aromatic rings. The quantitative estimate of drug-likeness (QED) is 0.421. The van der Waals surface area contributed by atoms with Crippen molar-refractivity contribution in [1.29, 1.82) is 0 Å². The highest BCUT2D eigenvalue weighted by Crippen LogP contribution is 2.37. The molecule has 5 rings (SSSR count). The van der Waals surface area contributed by atoms with E-state index in [1.165, 1.54) is 11.3 Å². The van der Waals surface area contributed by atoms with E-state index in [0.29, 0.717) is 27.3 Å². The standard InChI is InChI=1S/C18H11ClN4O2S/c1-10-12(9-15(25-10)11-5-2-3-6-13(11)19)17-22-23-16(14-7-4-8-24-14)20-21-18(23)26-17/h2-9H,1H3. The Hall–Kier alpha value is -2.90. The molecular formula is C18H11ClN4O2S. The van der Waals surface area contributed by atoms with Crippen molar-refractivity contribution in [3.05, 3.63) is 59.5 Å². The van der Waals surface area contributed by atoms with Crippen molar-refractivity contribution in [1.82, 2.24) is 19.8 Å². The minimum Gasteiger partial charge on any atom is -0.461 e. The molecule has 0 fully saturated rings. The maximum absolute atomic E-state index is 6.29. The van der Waals surface area contributed by atoms with Crippen molar-refractivity contribution < 1.29 is 8.83 Å². The van der Waals surface area contributed by atoms with Gasteiger partial charge in [-0.05, 0) is 37.3 Å². The number of furan rings is 2. The minimum absolute atomic E-state index is 0.569. The highest BCUT2D eigenvalue weighted by Gasteiger charge is 2.20. The molecule has 0 spiro atoms. The second-order valence-electron chi connectivity index (χ2n) is 5.66. The lowest BCUT2D eigenvalue weighted by molar-refractivity contribution is 0.549. The second-order valence-corrected chi connectivity index (χ2v) is 7.03. The molecule has 0 aliphatic carbocycles. The summed E-state index contributed by atoms with van der Waals surface area (Å²) >= 11 is 7.72. The topological polar surface area (TPSA) is 69.4 Å². The van der Waals surface area contributed by atoms with Gasteiger partial charge in [0.05, 0.1) is 16.8 Å². The largest absolute Gasteiger partial charge is 0.461 e. The van der Waals surface area contributed by atoms with E-state index in [2.05, 4.69) is 15.3 Å². The van der Waals surface area contributed by atoms with Gasteiger partial charge in [0.15, 0.2) is 10.8 Å². The first kappa shape index (κ1) is 15.4. The Morgan fingerprint density at radius 3 is 2.73 bits per heavy atom. The fourth-order valence-electron chi connectivity index (χ4n) is 2.77. The number of hydrogen-bond donors (Lipinski definition) is 0. The lowest BCUT2D eigenvalue weighted by Gasteiger charge is -1.98. The first-order valence-corrected chi connectivity index (χ1v) is 9.02. The van der Waals surface area contributed by atoms with Gasteiger partial charge in [0.1, 0.15) is 11.5 Å². The predicted octanol–water partition coefficient (Wildman–Crippen LogP) is 5.33. The Labute approximate surface area is 156 Å². The molecule has 0 atom stereocenters. The van der Waals surface area contributed by atoms with Gasteiger partial charge in [-0.15, -0.1) is 10.2 Å². The number of hydrogen-bond acceptors (Lipinski definition) is 6. The molecule has 0 saturated carbocycles. The van der Waals surface area contributed by atoms with Gasteiger partial charge >= 0.3 is 0 Å². The summed E-state index contributed by atoms with van der Waals surface area (Å²) in [6.45, 7) is 1.91. The van der Waals surface area contributed by atoms with Crippen molar-refractivity contribution in [2.75, 3.05) is 0 Å². The number of halogens is 1. The third kappa shape index (κ3) is 2.36. The summed E-state index contributed by atoms with van der Waals surface area (Å²) in [6.07, 6.45) is 1.60. The van der Waals surface area contributed by atoms with E-state index in [0.717, 1.165) is 21.9 Å².